The minimum Gasteiger partial charge on any atom is -0.493 e. The molecule has 0 aromatic carbocycles. The van der Waals surface area contributed by atoms with E-state index < -0.39 is 0 Å². The van der Waals surface area contributed by atoms with Crippen LogP contribution in [0.4, 0.5) is 0 Å². The van der Waals surface area contributed by atoms with Crippen molar-refractivity contribution in [3.63, 3.8) is 0 Å². The highest BCUT2D eigenvalue weighted by Crippen LogP contribution is 2.16. The number of ether oxygens (including phenoxy) is 2. The van der Waals surface area contributed by atoms with Crippen molar-refractivity contribution in [2.75, 3.05) is 14.2 Å². The summed E-state index contributed by atoms with van der Waals surface area (Å²) in [4.78, 5) is 0. The summed E-state index contributed by atoms with van der Waals surface area (Å²) < 4.78 is 10.6. The first-order valence-corrected chi connectivity index (χ1v) is 5.03. The summed E-state index contributed by atoms with van der Waals surface area (Å²) in [5.41, 5.74) is 0. The van der Waals surface area contributed by atoms with Crippen molar-refractivity contribution in [1.82, 2.24) is 0 Å². The van der Waals surface area contributed by atoms with E-state index in [9.17, 15) is 0 Å². The third-order valence-corrected chi connectivity index (χ3v) is 1.65. The smallest absolute Gasteiger partial charge is 0.156 e. The fourth-order valence-electron chi connectivity index (χ4n) is 1.11. The SMILES string of the molecule is COC(=C/C(C)C)/C(=C\C(C)C)OC. The van der Waals surface area contributed by atoms with Crippen molar-refractivity contribution >= 4 is 0 Å². The van der Waals surface area contributed by atoms with Gasteiger partial charge in [0.2, 0.25) is 0 Å². The highest BCUT2D eigenvalue weighted by atomic mass is 16.5. The maximum atomic E-state index is 5.28. The van der Waals surface area contributed by atoms with E-state index in [-0.39, 0.29) is 0 Å². The largest absolute Gasteiger partial charge is 0.493 e. The van der Waals surface area contributed by atoms with Crippen LogP contribution in [0.2, 0.25) is 0 Å². The fourth-order valence-corrected chi connectivity index (χ4v) is 1.11. The molecule has 0 rings (SSSR count). The molecule has 82 valence electrons. The van der Waals surface area contributed by atoms with E-state index in [1.54, 1.807) is 14.2 Å². The van der Waals surface area contributed by atoms with E-state index in [4.69, 9.17) is 9.47 Å². The van der Waals surface area contributed by atoms with Crippen molar-refractivity contribution in [3.05, 3.63) is 23.7 Å². The molecule has 0 aliphatic carbocycles. The molecular weight excluding hydrogens is 176 g/mol. The molecule has 0 bridgehead atoms. The van der Waals surface area contributed by atoms with Gasteiger partial charge in [0, 0.05) is 0 Å². The lowest BCUT2D eigenvalue weighted by atomic mass is 10.1. The van der Waals surface area contributed by atoms with Crippen molar-refractivity contribution in [2.45, 2.75) is 27.7 Å². The zero-order valence-electron chi connectivity index (χ0n) is 10.1. The van der Waals surface area contributed by atoms with Crippen LogP contribution in [0.5, 0.6) is 0 Å². The minimum absolute atomic E-state index is 0.454. The van der Waals surface area contributed by atoms with Gasteiger partial charge in [0.05, 0.1) is 14.2 Å². The molecule has 14 heavy (non-hydrogen) atoms. The van der Waals surface area contributed by atoms with Crippen LogP contribution in [-0.2, 0) is 9.47 Å². The number of hydrogen-bond acceptors (Lipinski definition) is 2. The van der Waals surface area contributed by atoms with Crippen LogP contribution in [-0.4, -0.2) is 14.2 Å². The molecule has 0 aliphatic rings. The van der Waals surface area contributed by atoms with Crippen LogP contribution in [0.15, 0.2) is 23.7 Å². The van der Waals surface area contributed by atoms with Gasteiger partial charge >= 0.3 is 0 Å². The molecule has 0 fully saturated rings. The van der Waals surface area contributed by atoms with Gasteiger partial charge in [-0.25, -0.2) is 0 Å². The normalized spacial score (nSPS) is 13.7. The van der Waals surface area contributed by atoms with Crippen LogP contribution in [0.3, 0.4) is 0 Å². The van der Waals surface area contributed by atoms with Crippen LogP contribution >= 0.6 is 0 Å². The fraction of sp³-hybridized carbons (Fsp3) is 0.667. The third-order valence-electron chi connectivity index (χ3n) is 1.65. The Kier molecular flexibility index (Phi) is 6.09. The highest BCUT2D eigenvalue weighted by molar-refractivity contribution is 5.21. The Labute approximate surface area is 87.6 Å². The first-order valence-electron chi connectivity index (χ1n) is 5.03. The summed E-state index contributed by atoms with van der Waals surface area (Å²) in [5.74, 6) is 2.54. The van der Waals surface area contributed by atoms with E-state index in [0.29, 0.717) is 11.8 Å². The number of hydrogen-bond donors (Lipinski definition) is 0. The first-order chi connectivity index (χ1) is 6.51. The monoisotopic (exact) mass is 198 g/mol. The molecule has 0 radical (unpaired) electrons. The zero-order chi connectivity index (χ0) is 11.1. The first kappa shape index (κ1) is 13.1. The summed E-state index contributed by atoms with van der Waals surface area (Å²) >= 11 is 0. The van der Waals surface area contributed by atoms with Crippen molar-refractivity contribution in [3.8, 4) is 0 Å². The van der Waals surface area contributed by atoms with Crippen molar-refractivity contribution in [2.24, 2.45) is 11.8 Å². The lowest BCUT2D eigenvalue weighted by Crippen LogP contribution is -1.99. The average molecular weight is 198 g/mol. The molecule has 0 unspecified atom stereocenters. The van der Waals surface area contributed by atoms with E-state index in [0.717, 1.165) is 11.5 Å². The van der Waals surface area contributed by atoms with Gasteiger partial charge in [-0.2, -0.15) is 0 Å². The number of rotatable bonds is 5. The molecule has 0 aliphatic heterocycles. The molecule has 0 saturated carbocycles. The molecule has 0 atom stereocenters. The average Bonchev–Trinajstić information content (AvgIpc) is 2.10. The van der Waals surface area contributed by atoms with Gasteiger partial charge in [0.1, 0.15) is 0 Å². The second-order valence-electron chi connectivity index (χ2n) is 3.96. The van der Waals surface area contributed by atoms with Crippen molar-refractivity contribution in [1.29, 1.82) is 0 Å². The molecular formula is C12H22O2. The van der Waals surface area contributed by atoms with Crippen LogP contribution in [0.25, 0.3) is 0 Å². The van der Waals surface area contributed by atoms with Gasteiger partial charge in [-0.1, -0.05) is 27.7 Å². The van der Waals surface area contributed by atoms with Crippen LogP contribution in [0, 0.1) is 11.8 Å². The van der Waals surface area contributed by atoms with E-state index >= 15 is 0 Å². The molecule has 0 heterocycles. The molecule has 0 saturated heterocycles. The maximum absolute atomic E-state index is 5.28. The summed E-state index contributed by atoms with van der Waals surface area (Å²) in [5, 5.41) is 0. The van der Waals surface area contributed by atoms with Gasteiger partial charge in [-0.3, -0.25) is 0 Å². The summed E-state index contributed by atoms with van der Waals surface area (Å²) in [6.07, 6.45) is 4.11. The van der Waals surface area contributed by atoms with E-state index in [1.807, 2.05) is 0 Å². The molecule has 2 nitrogen and oxygen atoms in total. The molecule has 0 amide bonds. The zero-order valence-corrected chi connectivity index (χ0v) is 10.1. The van der Waals surface area contributed by atoms with Crippen molar-refractivity contribution < 1.29 is 9.47 Å². The lowest BCUT2D eigenvalue weighted by molar-refractivity contribution is 0.216. The molecule has 2 heteroatoms. The molecule has 0 spiro atoms. The Balaban J connectivity index is 4.79. The van der Waals surface area contributed by atoms with Gasteiger partial charge < -0.3 is 9.47 Å². The standard InChI is InChI=1S/C12H22O2/c1-9(2)7-11(13-5)12(14-6)8-10(3)4/h7-10H,1-6H3/b11-7+,12-8+. The second kappa shape index (κ2) is 6.52. The summed E-state index contributed by atoms with van der Waals surface area (Å²) in [6.45, 7) is 8.45. The summed E-state index contributed by atoms with van der Waals surface area (Å²) in [6, 6.07) is 0. The van der Waals surface area contributed by atoms with Gasteiger partial charge in [-0.05, 0) is 24.0 Å². The minimum atomic E-state index is 0.454. The van der Waals surface area contributed by atoms with Gasteiger partial charge in [-0.15, -0.1) is 0 Å². The van der Waals surface area contributed by atoms with Gasteiger partial charge in [0.15, 0.2) is 11.5 Å². The lowest BCUT2D eigenvalue weighted by Gasteiger charge is -2.12. The Bertz CT molecular complexity index is 188. The molecule has 0 N–H and O–H groups in total. The molecule has 0 aromatic heterocycles. The van der Waals surface area contributed by atoms with Crippen LogP contribution < -0.4 is 0 Å². The third kappa shape index (κ3) is 4.95. The number of methoxy groups -OCH3 is 2. The Morgan fingerprint density at radius 2 is 1.07 bits per heavy atom. The van der Waals surface area contributed by atoms with E-state index in [1.165, 1.54) is 0 Å². The topological polar surface area (TPSA) is 18.5 Å². The molecule has 0 aromatic rings. The summed E-state index contributed by atoms with van der Waals surface area (Å²) in [7, 11) is 3.34. The highest BCUT2D eigenvalue weighted by Gasteiger charge is 2.06. The quantitative estimate of drug-likeness (QED) is 0.498. The Hall–Kier alpha value is -0.920. The predicted molar refractivity (Wildman–Crippen MR) is 59.9 cm³/mol. The van der Waals surface area contributed by atoms with Crippen LogP contribution in [0.1, 0.15) is 27.7 Å². The number of allylic oxidation sites excluding steroid dienone is 2. The predicted octanol–water partition coefficient (Wildman–Crippen LogP) is 3.36. The Morgan fingerprint density at radius 1 is 0.786 bits per heavy atom. The van der Waals surface area contributed by atoms with Gasteiger partial charge in [0.25, 0.3) is 0 Å². The maximum Gasteiger partial charge on any atom is 0.156 e. The second-order valence-corrected chi connectivity index (χ2v) is 3.96. The Morgan fingerprint density at radius 3 is 1.21 bits per heavy atom. The van der Waals surface area contributed by atoms with E-state index in [2.05, 4.69) is 39.8 Å².